The highest BCUT2D eigenvalue weighted by atomic mass is 19.4. The molecule has 4 rings (SSSR count). The molecule has 32 heavy (non-hydrogen) atoms. The van der Waals surface area contributed by atoms with Crippen molar-refractivity contribution in [1.29, 1.82) is 0 Å². The quantitative estimate of drug-likeness (QED) is 0.451. The molecular weight excluding hydrogens is 417 g/mol. The van der Waals surface area contributed by atoms with Gasteiger partial charge in [0.2, 0.25) is 5.56 Å². The van der Waals surface area contributed by atoms with Crippen molar-refractivity contribution in [2.75, 3.05) is 18.0 Å². The molecular formula is C25H27F3N2O2. The maximum Gasteiger partial charge on any atom is 0.573 e. The average Bonchev–Trinajstić information content (AvgIpc) is 2.77. The van der Waals surface area contributed by atoms with Crippen LogP contribution in [0.3, 0.4) is 0 Å². The van der Waals surface area contributed by atoms with Crippen molar-refractivity contribution in [3.8, 4) is 5.75 Å². The fraction of sp³-hybridized carbons (Fsp3) is 0.400. The number of aryl methyl sites for hydroxylation is 1. The summed E-state index contributed by atoms with van der Waals surface area (Å²) in [6.07, 6.45) is 1.66. The monoisotopic (exact) mass is 444 g/mol. The summed E-state index contributed by atoms with van der Waals surface area (Å²) in [4.78, 5) is 17.3. The van der Waals surface area contributed by atoms with Crippen LogP contribution in [0.15, 0.2) is 59.4 Å². The van der Waals surface area contributed by atoms with E-state index in [0.29, 0.717) is 5.92 Å². The number of aromatic nitrogens is 1. The molecule has 1 aliphatic heterocycles. The zero-order valence-electron chi connectivity index (χ0n) is 17.8. The maximum absolute atomic E-state index is 12.2. The fourth-order valence-electron chi connectivity index (χ4n) is 4.53. The Kier molecular flexibility index (Phi) is 6.72. The van der Waals surface area contributed by atoms with Crippen LogP contribution in [0.4, 0.5) is 18.9 Å². The van der Waals surface area contributed by atoms with E-state index < -0.39 is 6.36 Å². The van der Waals surface area contributed by atoms with E-state index in [-0.39, 0.29) is 11.3 Å². The zero-order valence-corrected chi connectivity index (χ0v) is 17.8. The summed E-state index contributed by atoms with van der Waals surface area (Å²) >= 11 is 0. The van der Waals surface area contributed by atoms with Crippen LogP contribution in [0.1, 0.15) is 37.7 Å². The van der Waals surface area contributed by atoms with Gasteiger partial charge in [0.25, 0.3) is 0 Å². The Bertz CT molecular complexity index is 1080. The van der Waals surface area contributed by atoms with E-state index >= 15 is 0 Å². The van der Waals surface area contributed by atoms with E-state index in [4.69, 9.17) is 0 Å². The van der Waals surface area contributed by atoms with Gasteiger partial charge in [-0.15, -0.1) is 13.2 Å². The van der Waals surface area contributed by atoms with Crippen molar-refractivity contribution in [1.82, 2.24) is 4.98 Å². The minimum Gasteiger partial charge on any atom is -0.406 e. The molecule has 2 aromatic carbocycles. The smallest absolute Gasteiger partial charge is 0.406 e. The van der Waals surface area contributed by atoms with Crippen LogP contribution in [-0.2, 0) is 6.42 Å². The summed E-state index contributed by atoms with van der Waals surface area (Å²) in [6, 6.07) is 15.8. The normalized spacial score (nSPS) is 15.3. The van der Waals surface area contributed by atoms with Crippen LogP contribution in [0.25, 0.3) is 10.9 Å². The molecule has 170 valence electrons. The molecule has 1 aliphatic rings. The highest BCUT2D eigenvalue weighted by Gasteiger charge is 2.30. The van der Waals surface area contributed by atoms with Crippen LogP contribution < -0.4 is 15.2 Å². The third-order valence-corrected chi connectivity index (χ3v) is 6.17. The lowest BCUT2D eigenvalue weighted by Gasteiger charge is -2.34. The molecule has 0 saturated carbocycles. The third kappa shape index (κ3) is 5.84. The molecule has 7 heteroatoms. The third-order valence-electron chi connectivity index (χ3n) is 6.17. The first kappa shape index (κ1) is 22.2. The molecule has 1 saturated heterocycles. The molecule has 0 atom stereocenters. The Morgan fingerprint density at radius 2 is 1.72 bits per heavy atom. The number of nitrogens with zero attached hydrogens (tertiary/aromatic N) is 1. The van der Waals surface area contributed by atoms with Gasteiger partial charge in [-0.25, -0.2) is 0 Å². The van der Waals surface area contributed by atoms with Crippen molar-refractivity contribution in [3.63, 3.8) is 0 Å². The number of aromatic amines is 1. The summed E-state index contributed by atoms with van der Waals surface area (Å²) in [7, 11) is 0. The lowest BCUT2D eigenvalue weighted by atomic mass is 9.90. The molecule has 0 amide bonds. The Balaban J connectivity index is 1.22. The summed E-state index contributed by atoms with van der Waals surface area (Å²) in [5.41, 5.74) is 2.84. The van der Waals surface area contributed by atoms with Crippen LogP contribution in [0.2, 0.25) is 0 Å². The highest BCUT2D eigenvalue weighted by molar-refractivity contribution is 5.91. The second-order valence-corrected chi connectivity index (χ2v) is 8.43. The molecule has 0 unspecified atom stereocenters. The number of piperidine rings is 1. The number of hydrogen-bond donors (Lipinski definition) is 1. The van der Waals surface area contributed by atoms with Crippen molar-refractivity contribution in [3.05, 3.63) is 70.5 Å². The SMILES string of the molecule is O=c1cc(N2CCC(CCCCc3ccc(OC(F)(F)F)cc3)CC2)c2ccccc2[nH]1. The highest BCUT2D eigenvalue weighted by Crippen LogP contribution is 2.30. The molecule has 0 bridgehead atoms. The molecule has 0 spiro atoms. The molecule has 3 aromatic rings. The van der Waals surface area contributed by atoms with Crippen molar-refractivity contribution in [2.24, 2.45) is 5.92 Å². The van der Waals surface area contributed by atoms with E-state index in [1.807, 2.05) is 18.2 Å². The predicted octanol–water partition coefficient (Wildman–Crippen LogP) is 6.06. The first-order valence-corrected chi connectivity index (χ1v) is 11.1. The van der Waals surface area contributed by atoms with Gasteiger partial charge in [-0.1, -0.05) is 43.2 Å². The van der Waals surface area contributed by atoms with Crippen LogP contribution >= 0.6 is 0 Å². The van der Waals surface area contributed by atoms with E-state index in [2.05, 4.69) is 20.7 Å². The standard InChI is InChI=1S/C25H27F3N2O2/c26-25(27,28)32-20-11-9-18(10-12-20)5-1-2-6-19-13-15-30(16-14-19)23-17-24(31)29-22-8-4-3-7-21(22)23/h3-4,7-12,17,19H,1-2,5-6,13-16H2,(H,29,31). The van der Waals surface area contributed by atoms with Gasteiger partial charge in [0, 0.05) is 24.5 Å². The van der Waals surface area contributed by atoms with E-state index in [0.717, 1.165) is 73.8 Å². The molecule has 1 N–H and O–H groups in total. The first-order chi connectivity index (χ1) is 15.4. The topological polar surface area (TPSA) is 45.3 Å². The summed E-state index contributed by atoms with van der Waals surface area (Å²) in [6.45, 7) is 1.89. The maximum atomic E-state index is 12.2. The lowest BCUT2D eigenvalue weighted by molar-refractivity contribution is -0.274. The summed E-state index contributed by atoms with van der Waals surface area (Å²) in [5.74, 6) is 0.489. The van der Waals surface area contributed by atoms with Gasteiger partial charge in [0.1, 0.15) is 5.75 Å². The number of hydrogen-bond acceptors (Lipinski definition) is 3. The van der Waals surface area contributed by atoms with Crippen molar-refractivity contribution >= 4 is 16.6 Å². The fourth-order valence-corrected chi connectivity index (χ4v) is 4.53. The van der Waals surface area contributed by atoms with E-state index in [1.54, 1.807) is 18.2 Å². The van der Waals surface area contributed by atoms with Crippen molar-refractivity contribution < 1.29 is 17.9 Å². The van der Waals surface area contributed by atoms with E-state index in [9.17, 15) is 18.0 Å². The van der Waals surface area contributed by atoms with Gasteiger partial charge < -0.3 is 14.6 Å². The summed E-state index contributed by atoms with van der Waals surface area (Å²) in [5, 5.41) is 1.08. The number of alkyl halides is 3. The molecule has 1 fully saturated rings. The van der Waals surface area contributed by atoms with Gasteiger partial charge in [0.15, 0.2) is 0 Å². The number of para-hydroxylation sites is 1. The number of ether oxygens (including phenoxy) is 1. The second-order valence-electron chi connectivity index (χ2n) is 8.43. The van der Waals surface area contributed by atoms with Gasteiger partial charge in [-0.3, -0.25) is 4.79 Å². The lowest BCUT2D eigenvalue weighted by Crippen LogP contribution is -2.34. The number of rotatable bonds is 7. The number of H-pyrrole nitrogens is 1. The van der Waals surface area contributed by atoms with Gasteiger partial charge >= 0.3 is 6.36 Å². The number of pyridine rings is 1. The number of anilines is 1. The number of unbranched alkanes of at least 4 members (excludes halogenated alkanes) is 1. The first-order valence-electron chi connectivity index (χ1n) is 11.1. The van der Waals surface area contributed by atoms with Crippen LogP contribution in [0.5, 0.6) is 5.75 Å². The minimum atomic E-state index is -4.65. The van der Waals surface area contributed by atoms with Gasteiger partial charge in [-0.05, 0) is 55.4 Å². The largest absolute Gasteiger partial charge is 0.573 e. The Morgan fingerprint density at radius 1 is 1.00 bits per heavy atom. The minimum absolute atomic E-state index is 0.0705. The van der Waals surface area contributed by atoms with Gasteiger partial charge in [0.05, 0.1) is 11.2 Å². The van der Waals surface area contributed by atoms with Crippen LogP contribution in [-0.4, -0.2) is 24.4 Å². The second kappa shape index (κ2) is 9.67. The number of nitrogens with one attached hydrogen (secondary N) is 1. The summed E-state index contributed by atoms with van der Waals surface area (Å²) < 4.78 is 40.6. The average molecular weight is 444 g/mol. The molecule has 4 nitrogen and oxygen atoms in total. The zero-order chi connectivity index (χ0) is 22.6. The molecule has 0 aliphatic carbocycles. The Morgan fingerprint density at radius 3 is 2.44 bits per heavy atom. The number of benzene rings is 2. The number of fused-ring (bicyclic) bond motifs is 1. The molecule has 1 aromatic heterocycles. The van der Waals surface area contributed by atoms with Crippen molar-refractivity contribution in [2.45, 2.75) is 44.9 Å². The van der Waals surface area contributed by atoms with Crippen LogP contribution in [0, 0.1) is 5.92 Å². The Hall–Kier alpha value is -2.96. The Labute approximate surface area is 185 Å². The van der Waals surface area contributed by atoms with E-state index in [1.165, 1.54) is 12.1 Å². The number of halogens is 3. The predicted molar refractivity (Wildman–Crippen MR) is 120 cm³/mol. The molecule has 2 heterocycles. The molecule has 0 radical (unpaired) electrons. The van der Waals surface area contributed by atoms with Gasteiger partial charge in [-0.2, -0.15) is 0 Å².